The van der Waals surface area contributed by atoms with Gasteiger partial charge < -0.3 is 10.2 Å². The summed E-state index contributed by atoms with van der Waals surface area (Å²) in [6.07, 6.45) is 9.22. The van der Waals surface area contributed by atoms with Crippen molar-refractivity contribution in [3.05, 3.63) is 35.4 Å². The standard InChI is InChI=1S/C21H30N2O2/c1-16(24)22-15-6-2-3-12-21(25)23(18-13-14-18)20-11-7-9-17-8-4-5-10-19(17)20/h4-5,8,10,18,20H,2-3,6-7,9,11-15H2,1H3,(H,22,24). The SMILES string of the molecule is CC(=O)NCCCCCC(=O)N(C1CC1)C1CCCc2ccccc21. The number of benzene rings is 1. The quantitative estimate of drug-likeness (QED) is 0.732. The van der Waals surface area contributed by atoms with Crippen molar-refractivity contribution in [3.8, 4) is 0 Å². The fourth-order valence-electron chi connectivity index (χ4n) is 3.97. The summed E-state index contributed by atoms with van der Waals surface area (Å²) in [5, 5.41) is 2.81. The van der Waals surface area contributed by atoms with Crippen molar-refractivity contribution >= 4 is 11.8 Å². The summed E-state index contributed by atoms with van der Waals surface area (Å²) in [6.45, 7) is 2.25. The number of hydrogen-bond acceptors (Lipinski definition) is 2. The highest BCUT2D eigenvalue weighted by Gasteiger charge is 2.38. The minimum Gasteiger partial charge on any atom is -0.356 e. The molecule has 0 aliphatic heterocycles. The van der Waals surface area contributed by atoms with E-state index in [9.17, 15) is 9.59 Å². The van der Waals surface area contributed by atoms with Gasteiger partial charge >= 0.3 is 0 Å². The number of nitrogens with zero attached hydrogens (tertiary/aromatic N) is 1. The molecule has 0 aromatic heterocycles. The van der Waals surface area contributed by atoms with Gasteiger partial charge in [-0.3, -0.25) is 9.59 Å². The Labute approximate surface area is 151 Å². The van der Waals surface area contributed by atoms with Gasteiger partial charge in [-0.25, -0.2) is 0 Å². The summed E-state index contributed by atoms with van der Waals surface area (Å²) in [5.41, 5.74) is 2.80. The zero-order valence-corrected chi connectivity index (χ0v) is 15.3. The molecule has 0 heterocycles. The van der Waals surface area contributed by atoms with E-state index in [4.69, 9.17) is 0 Å². The molecule has 0 saturated heterocycles. The topological polar surface area (TPSA) is 49.4 Å². The van der Waals surface area contributed by atoms with Crippen molar-refractivity contribution < 1.29 is 9.59 Å². The van der Waals surface area contributed by atoms with E-state index in [-0.39, 0.29) is 11.9 Å². The number of hydrogen-bond donors (Lipinski definition) is 1. The van der Waals surface area contributed by atoms with Crippen molar-refractivity contribution in [1.29, 1.82) is 0 Å². The van der Waals surface area contributed by atoms with E-state index in [0.29, 0.717) is 24.9 Å². The first kappa shape index (κ1) is 18.0. The third-order valence-corrected chi connectivity index (χ3v) is 5.34. The van der Waals surface area contributed by atoms with Gasteiger partial charge in [-0.2, -0.15) is 0 Å². The Balaban J connectivity index is 1.55. The van der Waals surface area contributed by atoms with Gasteiger partial charge in [0.05, 0.1) is 6.04 Å². The maximum absolute atomic E-state index is 12.9. The molecule has 2 aliphatic carbocycles. The molecule has 25 heavy (non-hydrogen) atoms. The first-order valence-corrected chi connectivity index (χ1v) is 9.80. The van der Waals surface area contributed by atoms with Crippen LogP contribution in [0.2, 0.25) is 0 Å². The Morgan fingerprint density at radius 1 is 1.12 bits per heavy atom. The molecule has 0 radical (unpaired) electrons. The van der Waals surface area contributed by atoms with E-state index in [1.807, 2.05) is 0 Å². The van der Waals surface area contributed by atoms with Gasteiger partial charge in [-0.05, 0) is 56.1 Å². The summed E-state index contributed by atoms with van der Waals surface area (Å²) in [4.78, 5) is 26.0. The largest absolute Gasteiger partial charge is 0.356 e. The molecule has 4 nitrogen and oxygen atoms in total. The van der Waals surface area contributed by atoms with Crippen molar-refractivity contribution in [2.24, 2.45) is 0 Å². The monoisotopic (exact) mass is 342 g/mol. The van der Waals surface area contributed by atoms with Crippen molar-refractivity contribution in [3.63, 3.8) is 0 Å². The lowest BCUT2D eigenvalue weighted by Crippen LogP contribution is -2.38. The third-order valence-electron chi connectivity index (χ3n) is 5.34. The minimum atomic E-state index is 0.0203. The van der Waals surface area contributed by atoms with Crippen LogP contribution in [0.3, 0.4) is 0 Å². The lowest BCUT2D eigenvalue weighted by Gasteiger charge is -2.36. The Morgan fingerprint density at radius 2 is 1.92 bits per heavy atom. The van der Waals surface area contributed by atoms with Gasteiger partial charge in [0, 0.05) is 25.9 Å². The molecule has 0 spiro atoms. The van der Waals surface area contributed by atoms with Crippen LogP contribution in [-0.4, -0.2) is 29.3 Å². The van der Waals surface area contributed by atoms with Gasteiger partial charge in [0.15, 0.2) is 0 Å². The average Bonchev–Trinajstić information content (AvgIpc) is 3.43. The van der Waals surface area contributed by atoms with Crippen LogP contribution in [-0.2, 0) is 16.0 Å². The average molecular weight is 342 g/mol. The number of unbranched alkanes of at least 4 members (excludes halogenated alkanes) is 2. The van der Waals surface area contributed by atoms with Crippen molar-refractivity contribution in [2.45, 2.75) is 76.8 Å². The molecule has 0 bridgehead atoms. The number of nitrogens with one attached hydrogen (secondary N) is 1. The molecule has 1 saturated carbocycles. The Morgan fingerprint density at radius 3 is 2.68 bits per heavy atom. The number of aryl methyl sites for hydroxylation is 1. The molecule has 1 aromatic rings. The van der Waals surface area contributed by atoms with E-state index < -0.39 is 0 Å². The van der Waals surface area contributed by atoms with Gasteiger partial charge in [-0.15, -0.1) is 0 Å². The van der Waals surface area contributed by atoms with Gasteiger partial charge in [0.25, 0.3) is 0 Å². The molecule has 1 fully saturated rings. The second-order valence-electron chi connectivity index (χ2n) is 7.43. The summed E-state index contributed by atoms with van der Waals surface area (Å²) in [7, 11) is 0. The highest BCUT2D eigenvalue weighted by Crippen LogP contribution is 2.41. The molecule has 1 atom stereocenters. The molecule has 3 rings (SSSR count). The van der Waals surface area contributed by atoms with E-state index in [1.165, 1.54) is 17.5 Å². The van der Waals surface area contributed by atoms with Crippen LogP contribution >= 0.6 is 0 Å². The number of amides is 2. The fraction of sp³-hybridized carbons (Fsp3) is 0.619. The van der Waals surface area contributed by atoms with Crippen molar-refractivity contribution in [1.82, 2.24) is 10.2 Å². The predicted octanol–water partition coefficient (Wildman–Crippen LogP) is 3.75. The minimum absolute atomic E-state index is 0.0203. The molecule has 2 aliphatic rings. The Bertz CT molecular complexity index is 610. The first-order chi connectivity index (χ1) is 12.2. The van der Waals surface area contributed by atoms with Crippen LogP contribution in [0.1, 0.15) is 75.5 Å². The molecule has 1 N–H and O–H groups in total. The van der Waals surface area contributed by atoms with Crippen LogP contribution in [0.15, 0.2) is 24.3 Å². The van der Waals surface area contributed by atoms with E-state index in [0.717, 1.165) is 44.9 Å². The third kappa shape index (κ3) is 4.83. The molecule has 136 valence electrons. The van der Waals surface area contributed by atoms with Crippen LogP contribution < -0.4 is 5.32 Å². The molecule has 4 heteroatoms. The first-order valence-electron chi connectivity index (χ1n) is 9.80. The van der Waals surface area contributed by atoms with Gasteiger partial charge in [0.1, 0.15) is 0 Å². The number of carbonyl (C=O) groups is 2. The van der Waals surface area contributed by atoms with Crippen LogP contribution in [0.4, 0.5) is 0 Å². The zero-order valence-electron chi connectivity index (χ0n) is 15.3. The molecular formula is C21H30N2O2. The Hall–Kier alpha value is -1.84. The highest BCUT2D eigenvalue weighted by molar-refractivity contribution is 5.77. The summed E-state index contributed by atoms with van der Waals surface area (Å²) < 4.78 is 0. The fourth-order valence-corrected chi connectivity index (χ4v) is 3.97. The lowest BCUT2D eigenvalue weighted by molar-refractivity contribution is -0.135. The number of carbonyl (C=O) groups excluding carboxylic acids is 2. The maximum Gasteiger partial charge on any atom is 0.223 e. The number of fused-ring (bicyclic) bond motifs is 1. The lowest BCUT2D eigenvalue weighted by atomic mass is 9.86. The normalized spacial score (nSPS) is 19.2. The Kier molecular flexibility index (Phi) is 6.11. The summed E-state index contributed by atoms with van der Waals surface area (Å²) in [6, 6.07) is 9.40. The molecule has 2 amide bonds. The molecule has 1 aromatic carbocycles. The zero-order chi connectivity index (χ0) is 17.6. The smallest absolute Gasteiger partial charge is 0.223 e. The summed E-state index contributed by atoms with van der Waals surface area (Å²) >= 11 is 0. The predicted molar refractivity (Wildman–Crippen MR) is 99.1 cm³/mol. The van der Waals surface area contributed by atoms with Crippen molar-refractivity contribution in [2.75, 3.05) is 6.54 Å². The van der Waals surface area contributed by atoms with Crippen LogP contribution in [0, 0.1) is 0 Å². The van der Waals surface area contributed by atoms with Gasteiger partial charge in [-0.1, -0.05) is 30.7 Å². The maximum atomic E-state index is 12.9. The van der Waals surface area contributed by atoms with Crippen LogP contribution in [0.25, 0.3) is 0 Å². The van der Waals surface area contributed by atoms with E-state index in [1.54, 1.807) is 6.92 Å². The van der Waals surface area contributed by atoms with Gasteiger partial charge in [0.2, 0.25) is 11.8 Å². The van der Waals surface area contributed by atoms with E-state index in [2.05, 4.69) is 34.5 Å². The number of rotatable bonds is 8. The second-order valence-corrected chi connectivity index (χ2v) is 7.43. The van der Waals surface area contributed by atoms with Crippen LogP contribution in [0.5, 0.6) is 0 Å². The summed E-state index contributed by atoms with van der Waals surface area (Å²) in [5.74, 6) is 0.343. The molecular weight excluding hydrogens is 312 g/mol. The van der Waals surface area contributed by atoms with E-state index >= 15 is 0 Å². The highest BCUT2D eigenvalue weighted by atomic mass is 16.2. The second kappa shape index (κ2) is 8.50. The molecule has 1 unspecified atom stereocenters.